The lowest BCUT2D eigenvalue weighted by Gasteiger charge is -2.24. The van der Waals surface area contributed by atoms with Gasteiger partial charge in [0.2, 0.25) is 5.91 Å². The largest absolute Gasteiger partial charge is 0.492 e. The van der Waals surface area contributed by atoms with E-state index in [0.29, 0.717) is 24.6 Å². The minimum Gasteiger partial charge on any atom is -0.492 e. The third kappa shape index (κ3) is 3.42. The molecule has 0 aliphatic carbocycles. The van der Waals surface area contributed by atoms with Crippen LogP contribution in [0.15, 0.2) is 42.5 Å². The molecule has 0 radical (unpaired) electrons. The Balaban J connectivity index is 1.60. The Morgan fingerprint density at radius 3 is 2.82 bits per heavy atom. The summed E-state index contributed by atoms with van der Waals surface area (Å²) in [6.45, 7) is 3.00. The third-order valence-corrected chi connectivity index (χ3v) is 4.12. The number of nitrogens with one attached hydrogen (secondary N) is 1. The molecule has 1 heterocycles. The van der Waals surface area contributed by atoms with Gasteiger partial charge in [-0.2, -0.15) is 0 Å². The standard InChI is InChI=1S/C18H18ClNO2/c1-12-2-4-13(5-3-12)10-20-18(21)15-8-14-9-16(19)6-7-17(14)22-11-15/h2-7,9,15H,8,10-11H2,1H3,(H,20,21)/t15-/m1/s1. The lowest BCUT2D eigenvalue weighted by atomic mass is 9.96. The van der Waals surface area contributed by atoms with Crippen LogP contribution in [0.25, 0.3) is 0 Å². The van der Waals surface area contributed by atoms with Gasteiger partial charge in [0.25, 0.3) is 0 Å². The Labute approximate surface area is 135 Å². The van der Waals surface area contributed by atoms with Gasteiger partial charge in [0, 0.05) is 11.6 Å². The Bertz CT molecular complexity index is 682. The summed E-state index contributed by atoms with van der Waals surface area (Å²) < 4.78 is 5.66. The fraction of sp³-hybridized carbons (Fsp3) is 0.278. The Kier molecular flexibility index (Phi) is 4.34. The highest BCUT2D eigenvalue weighted by molar-refractivity contribution is 6.30. The minimum absolute atomic E-state index is 0.0196. The molecule has 0 bridgehead atoms. The highest BCUT2D eigenvalue weighted by atomic mass is 35.5. The zero-order valence-corrected chi connectivity index (χ0v) is 13.2. The summed E-state index contributed by atoms with van der Waals surface area (Å²) >= 11 is 6.00. The quantitative estimate of drug-likeness (QED) is 0.941. The number of carbonyl (C=O) groups excluding carboxylic acids is 1. The summed E-state index contributed by atoms with van der Waals surface area (Å²) in [5.74, 6) is 0.676. The van der Waals surface area contributed by atoms with Crippen molar-refractivity contribution in [3.8, 4) is 5.75 Å². The number of benzene rings is 2. The van der Waals surface area contributed by atoms with Crippen molar-refractivity contribution in [2.45, 2.75) is 19.9 Å². The number of amides is 1. The molecule has 3 rings (SSSR count). The van der Waals surface area contributed by atoms with Crippen molar-refractivity contribution in [2.75, 3.05) is 6.61 Å². The summed E-state index contributed by atoms with van der Waals surface area (Å²) in [5.41, 5.74) is 3.30. The summed E-state index contributed by atoms with van der Waals surface area (Å²) in [5, 5.41) is 3.65. The van der Waals surface area contributed by atoms with Crippen LogP contribution < -0.4 is 10.1 Å². The van der Waals surface area contributed by atoms with Crippen molar-refractivity contribution in [2.24, 2.45) is 5.92 Å². The molecule has 1 aliphatic heterocycles. The van der Waals surface area contributed by atoms with Crippen molar-refractivity contribution in [1.29, 1.82) is 0 Å². The van der Waals surface area contributed by atoms with Crippen LogP contribution in [0.5, 0.6) is 5.75 Å². The van der Waals surface area contributed by atoms with E-state index in [9.17, 15) is 4.79 Å². The average Bonchev–Trinajstić information content (AvgIpc) is 2.53. The van der Waals surface area contributed by atoms with Crippen LogP contribution in [0.4, 0.5) is 0 Å². The first-order valence-electron chi connectivity index (χ1n) is 7.36. The molecule has 1 N–H and O–H groups in total. The Hall–Kier alpha value is -2.00. The van der Waals surface area contributed by atoms with Crippen LogP contribution in [-0.4, -0.2) is 12.5 Å². The van der Waals surface area contributed by atoms with Gasteiger partial charge in [0.05, 0.1) is 5.92 Å². The maximum absolute atomic E-state index is 12.3. The second kappa shape index (κ2) is 6.41. The first-order chi connectivity index (χ1) is 10.6. The van der Waals surface area contributed by atoms with Gasteiger partial charge in [-0.25, -0.2) is 0 Å². The molecule has 2 aromatic rings. The molecule has 114 valence electrons. The summed E-state index contributed by atoms with van der Waals surface area (Å²) in [6, 6.07) is 13.7. The molecule has 1 aliphatic rings. The number of hydrogen-bond acceptors (Lipinski definition) is 2. The second-order valence-electron chi connectivity index (χ2n) is 5.67. The summed E-state index contributed by atoms with van der Waals surface area (Å²) in [6.07, 6.45) is 0.662. The van der Waals surface area contributed by atoms with Gasteiger partial charge in [0.15, 0.2) is 0 Å². The number of fused-ring (bicyclic) bond motifs is 1. The number of halogens is 1. The van der Waals surface area contributed by atoms with E-state index in [0.717, 1.165) is 16.9 Å². The smallest absolute Gasteiger partial charge is 0.227 e. The first-order valence-corrected chi connectivity index (χ1v) is 7.74. The molecule has 0 aromatic heterocycles. The molecule has 0 unspecified atom stereocenters. The van der Waals surface area contributed by atoms with Crippen LogP contribution >= 0.6 is 11.6 Å². The zero-order valence-electron chi connectivity index (χ0n) is 12.4. The van der Waals surface area contributed by atoms with E-state index >= 15 is 0 Å². The Morgan fingerprint density at radius 1 is 1.27 bits per heavy atom. The van der Waals surface area contributed by atoms with E-state index in [-0.39, 0.29) is 11.8 Å². The zero-order chi connectivity index (χ0) is 15.5. The summed E-state index contributed by atoms with van der Waals surface area (Å²) in [4.78, 5) is 12.3. The SMILES string of the molecule is Cc1ccc(CNC(=O)[C@H]2COc3ccc(Cl)cc3C2)cc1. The van der Waals surface area contributed by atoms with Gasteiger partial charge in [-0.1, -0.05) is 41.4 Å². The molecular formula is C18H18ClNO2. The maximum atomic E-state index is 12.3. The van der Waals surface area contributed by atoms with Crippen molar-refractivity contribution < 1.29 is 9.53 Å². The summed E-state index contributed by atoms with van der Waals surface area (Å²) in [7, 11) is 0. The van der Waals surface area contributed by atoms with Crippen molar-refractivity contribution in [3.05, 3.63) is 64.2 Å². The van der Waals surface area contributed by atoms with E-state index in [1.165, 1.54) is 5.56 Å². The molecule has 0 spiro atoms. The fourth-order valence-corrected chi connectivity index (χ4v) is 2.77. The van der Waals surface area contributed by atoms with Crippen molar-refractivity contribution >= 4 is 17.5 Å². The van der Waals surface area contributed by atoms with E-state index in [2.05, 4.69) is 5.32 Å². The molecular weight excluding hydrogens is 298 g/mol. The fourth-order valence-electron chi connectivity index (χ4n) is 2.57. The second-order valence-corrected chi connectivity index (χ2v) is 6.10. The minimum atomic E-state index is -0.170. The van der Waals surface area contributed by atoms with E-state index in [1.54, 1.807) is 6.07 Å². The van der Waals surface area contributed by atoms with E-state index in [4.69, 9.17) is 16.3 Å². The van der Waals surface area contributed by atoms with Gasteiger partial charge >= 0.3 is 0 Å². The van der Waals surface area contributed by atoms with Crippen LogP contribution in [0.1, 0.15) is 16.7 Å². The molecule has 0 saturated heterocycles. The molecule has 22 heavy (non-hydrogen) atoms. The lowest BCUT2D eigenvalue weighted by Crippen LogP contribution is -2.37. The molecule has 1 amide bonds. The van der Waals surface area contributed by atoms with E-state index < -0.39 is 0 Å². The molecule has 2 aromatic carbocycles. The molecule has 1 atom stereocenters. The van der Waals surface area contributed by atoms with Gasteiger partial charge in [0.1, 0.15) is 12.4 Å². The predicted octanol–water partition coefficient (Wildman–Crippen LogP) is 3.52. The van der Waals surface area contributed by atoms with Crippen LogP contribution in [-0.2, 0) is 17.8 Å². The number of carbonyl (C=O) groups is 1. The molecule has 0 saturated carbocycles. The molecule has 4 heteroatoms. The first kappa shape index (κ1) is 14.9. The normalized spacial score (nSPS) is 16.5. The molecule has 0 fully saturated rings. The third-order valence-electron chi connectivity index (χ3n) is 3.89. The van der Waals surface area contributed by atoms with Crippen LogP contribution in [0.3, 0.4) is 0 Å². The number of ether oxygens (including phenoxy) is 1. The number of rotatable bonds is 3. The van der Waals surface area contributed by atoms with Gasteiger partial charge < -0.3 is 10.1 Å². The van der Waals surface area contributed by atoms with Crippen molar-refractivity contribution in [1.82, 2.24) is 5.32 Å². The van der Waals surface area contributed by atoms with Crippen molar-refractivity contribution in [3.63, 3.8) is 0 Å². The van der Waals surface area contributed by atoms with E-state index in [1.807, 2.05) is 43.3 Å². The Morgan fingerprint density at radius 2 is 2.05 bits per heavy atom. The van der Waals surface area contributed by atoms with Gasteiger partial charge in [-0.05, 0) is 42.7 Å². The van der Waals surface area contributed by atoms with Crippen LogP contribution in [0.2, 0.25) is 5.02 Å². The van der Waals surface area contributed by atoms with Gasteiger partial charge in [-0.3, -0.25) is 4.79 Å². The molecule has 3 nitrogen and oxygen atoms in total. The maximum Gasteiger partial charge on any atom is 0.227 e. The number of hydrogen-bond donors (Lipinski definition) is 1. The monoisotopic (exact) mass is 315 g/mol. The lowest BCUT2D eigenvalue weighted by molar-refractivity contribution is -0.126. The van der Waals surface area contributed by atoms with Crippen LogP contribution in [0, 0.1) is 12.8 Å². The van der Waals surface area contributed by atoms with Gasteiger partial charge in [-0.15, -0.1) is 0 Å². The highest BCUT2D eigenvalue weighted by Crippen LogP contribution is 2.29. The topological polar surface area (TPSA) is 38.3 Å². The highest BCUT2D eigenvalue weighted by Gasteiger charge is 2.25. The predicted molar refractivity (Wildman–Crippen MR) is 87.2 cm³/mol. The number of aryl methyl sites for hydroxylation is 1. The average molecular weight is 316 g/mol.